The molecular formula is C15H19ClN4OS. The van der Waals surface area contributed by atoms with E-state index in [-0.39, 0.29) is 18.3 Å². The lowest BCUT2D eigenvalue weighted by Crippen LogP contribution is -2.56. The molecule has 118 valence electrons. The van der Waals surface area contributed by atoms with Crippen LogP contribution in [0.1, 0.15) is 0 Å². The van der Waals surface area contributed by atoms with E-state index >= 15 is 0 Å². The number of fused-ring (bicyclic) bond motifs is 1. The molecule has 0 unspecified atom stereocenters. The van der Waals surface area contributed by atoms with Gasteiger partial charge in [0.1, 0.15) is 0 Å². The molecule has 2 aliphatic rings. The number of hydrogen-bond donors (Lipinski definition) is 1. The summed E-state index contributed by atoms with van der Waals surface area (Å²) >= 11 is 1.74. The van der Waals surface area contributed by atoms with E-state index in [2.05, 4.69) is 22.3 Å². The Kier molecular flexibility index (Phi) is 4.52. The van der Waals surface area contributed by atoms with Gasteiger partial charge < -0.3 is 15.1 Å². The number of amides is 1. The van der Waals surface area contributed by atoms with Gasteiger partial charge in [0, 0.05) is 39.3 Å². The van der Waals surface area contributed by atoms with Crippen molar-refractivity contribution in [2.75, 3.05) is 44.2 Å². The first kappa shape index (κ1) is 15.5. The highest BCUT2D eigenvalue weighted by atomic mass is 35.5. The fourth-order valence-corrected chi connectivity index (χ4v) is 3.85. The standard InChI is InChI=1S/C15H18N4OS.ClH/c20-14(11-9-16-10-11)18-5-7-19(8-6-18)15-17-12-3-1-2-4-13(12)21-15;/h1-4,11,16H,5-10H2;1H. The molecule has 3 heterocycles. The number of carbonyl (C=O) groups is 1. The van der Waals surface area contributed by atoms with Crippen LogP contribution >= 0.6 is 23.7 Å². The molecule has 22 heavy (non-hydrogen) atoms. The van der Waals surface area contributed by atoms with Crippen LogP contribution in [0.3, 0.4) is 0 Å². The van der Waals surface area contributed by atoms with Crippen LogP contribution in [0.25, 0.3) is 10.2 Å². The second-order valence-corrected chi connectivity index (χ2v) is 6.64. The van der Waals surface area contributed by atoms with Crippen LogP contribution in [0.5, 0.6) is 0 Å². The molecule has 5 nitrogen and oxygen atoms in total. The van der Waals surface area contributed by atoms with Gasteiger partial charge in [-0.15, -0.1) is 12.4 Å². The molecule has 0 atom stereocenters. The van der Waals surface area contributed by atoms with Gasteiger partial charge in [-0.3, -0.25) is 4.79 Å². The molecule has 1 N–H and O–H groups in total. The number of aromatic nitrogens is 1. The first-order chi connectivity index (χ1) is 10.3. The van der Waals surface area contributed by atoms with Crippen molar-refractivity contribution < 1.29 is 4.79 Å². The van der Waals surface area contributed by atoms with Crippen molar-refractivity contribution >= 4 is 45.0 Å². The van der Waals surface area contributed by atoms with Gasteiger partial charge in [0.15, 0.2) is 5.13 Å². The van der Waals surface area contributed by atoms with Gasteiger partial charge in [0.2, 0.25) is 5.91 Å². The molecule has 0 bridgehead atoms. The molecular weight excluding hydrogens is 320 g/mol. The van der Waals surface area contributed by atoms with Crippen molar-refractivity contribution in [3.63, 3.8) is 0 Å². The second kappa shape index (κ2) is 6.40. The smallest absolute Gasteiger partial charge is 0.228 e. The van der Waals surface area contributed by atoms with E-state index in [0.29, 0.717) is 5.91 Å². The van der Waals surface area contributed by atoms with E-state index in [1.54, 1.807) is 11.3 Å². The highest BCUT2D eigenvalue weighted by molar-refractivity contribution is 7.22. The zero-order chi connectivity index (χ0) is 14.2. The fraction of sp³-hybridized carbons (Fsp3) is 0.467. The van der Waals surface area contributed by atoms with Gasteiger partial charge in [-0.05, 0) is 12.1 Å². The Labute approximate surface area is 139 Å². The second-order valence-electron chi connectivity index (χ2n) is 5.63. The van der Waals surface area contributed by atoms with Crippen molar-refractivity contribution in [2.45, 2.75) is 0 Å². The van der Waals surface area contributed by atoms with Crippen molar-refractivity contribution in [1.29, 1.82) is 0 Å². The third kappa shape index (κ3) is 2.78. The van der Waals surface area contributed by atoms with Gasteiger partial charge in [0.05, 0.1) is 16.1 Å². The molecule has 2 aromatic rings. The average molecular weight is 339 g/mol. The number of nitrogens with zero attached hydrogens (tertiary/aromatic N) is 3. The Morgan fingerprint density at radius 3 is 2.55 bits per heavy atom. The third-order valence-electron chi connectivity index (χ3n) is 4.28. The predicted octanol–water partition coefficient (Wildman–Crippen LogP) is 1.59. The maximum absolute atomic E-state index is 12.2. The molecule has 1 aromatic heterocycles. The summed E-state index contributed by atoms with van der Waals surface area (Å²) in [5.74, 6) is 0.525. The zero-order valence-electron chi connectivity index (χ0n) is 12.2. The Morgan fingerprint density at radius 2 is 1.91 bits per heavy atom. The SMILES string of the molecule is Cl.O=C(C1CNC1)N1CCN(c2nc3ccccc3s2)CC1. The van der Waals surface area contributed by atoms with Crippen LogP contribution < -0.4 is 10.2 Å². The minimum atomic E-state index is 0. The summed E-state index contributed by atoms with van der Waals surface area (Å²) < 4.78 is 1.23. The molecule has 0 aliphatic carbocycles. The Bertz CT molecular complexity index is 631. The number of anilines is 1. The summed E-state index contributed by atoms with van der Waals surface area (Å²) in [6, 6.07) is 8.24. The molecule has 0 radical (unpaired) electrons. The maximum Gasteiger partial charge on any atom is 0.228 e. The predicted molar refractivity (Wildman–Crippen MR) is 92.0 cm³/mol. The molecule has 2 aliphatic heterocycles. The van der Waals surface area contributed by atoms with Gasteiger partial charge >= 0.3 is 0 Å². The molecule has 0 saturated carbocycles. The number of para-hydroxylation sites is 1. The molecule has 4 rings (SSSR count). The number of nitrogens with one attached hydrogen (secondary N) is 1. The highest BCUT2D eigenvalue weighted by Gasteiger charge is 2.31. The van der Waals surface area contributed by atoms with E-state index in [9.17, 15) is 4.79 Å². The first-order valence-electron chi connectivity index (χ1n) is 7.41. The van der Waals surface area contributed by atoms with Gasteiger partial charge in [-0.2, -0.15) is 0 Å². The summed E-state index contributed by atoms with van der Waals surface area (Å²) in [5, 5.41) is 4.24. The van der Waals surface area contributed by atoms with Crippen molar-refractivity contribution in [1.82, 2.24) is 15.2 Å². The minimum absolute atomic E-state index is 0. The average Bonchev–Trinajstić information content (AvgIpc) is 2.89. The van der Waals surface area contributed by atoms with E-state index in [1.165, 1.54) is 4.70 Å². The largest absolute Gasteiger partial charge is 0.345 e. The number of benzene rings is 1. The van der Waals surface area contributed by atoms with Crippen LogP contribution in [0, 0.1) is 5.92 Å². The monoisotopic (exact) mass is 338 g/mol. The Hall–Kier alpha value is -1.37. The molecule has 7 heteroatoms. The van der Waals surface area contributed by atoms with Crippen LogP contribution in [-0.2, 0) is 4.79 Å². The molecule has 1 aromatic carbocycles. The van der Waals surface area contributed by atoms with Crippen molar-refractivity contribution in [2.24, 2.45) is 5.92 Å². The summed E-state index contributed by atoms with van der Waals surface area (Å²) in [6.45, 7) is 5.07. The van der Waals surface area contributed by atoms with Crippen LogP contribution in [0.15, 0.2) is 24.3 Å². The summed E-state index contributed by atoms with van der Waals surface area (Å²) in [6.07, 6.45) is 0. The lowest BCUT2D eigenvalue weighted by molar-refractivity contribution is -0.137. The lowest BCUT2D eigenvalue weighted by Gasteiger charge is -2.38. The molecule has 2 saturated heterocycles. The summed E-state index contributed by atoms with van der Waals surface area (Å²) in [5.41, 5.74) is 1.07. The summed E-state index contributed by atoms with van der Waals surface area (Å²) in [7, 11) is 0. The van der Waals surface area contributed by atoms with Crippen LogP contribution in [-0.4, -0.2) is 55.1 Å². The van der Waals surface area contributed by atoms with Crippen molar-refractivity contribution in [3.05, 3.63) is 24.3 Å². The van der Waals surface area contributed by atoms with Gasteiger partial charge in [-0.1, -0.05) is 23.5 Å². The van der Waals surface area contributed by atoms with Crippen LogP contribution in [0.2, 0.25) is 0 Å². The normalized spacial score (nSPS) is 18.9. The number of hydrogen-bond acceptors (Lipinski definition) is 5. The topological polar surface area (TPSA) is 48.5 Å². The fourth-order valence-electron chi connectivity index (χ4n) is 2.83. The first-order valence-corrected chi connectivity index (χ1v) is 8.23. The minimum Gasteiger partial charge on any atom is -0.345 e. The van der Waals surface area contributed by atoms with Gasteiger partial charge in [0.25, 0.3) is 0 Å². The number of piperazine rings is 1. The number of carbonyl (C=O) groups excluding carboxylic acids is 1. The zero-order valence-corrected chi connectivity index (χ0v) is 13.8. The summed E-state index contributed by atoms with van der Waals surface area (Å²) in [4.78, 5) is 21.2. The van der Waals surface area contributed by atoms with E-state index in [0.717, 1.165) is 49.9 Å². The quantitative estimate of drug-likeness (QED) is 0.903. The van der Waals surface area contributed by atoms with Crippen LogP contribution in [0.4, 0.5) is 5.13 Å². The lowest BCUT2D eigenvalue weighted by atomic mass is 10.0. The van der Waals surface area contributed by atoms with Crippen molar-refractivity contribution in [3.8, 4) is 0 Å². The number of rotatable bonds is 2. The third-order valence-corrected chi connectivity index (χ3v) is 5.37. The highest BCUT2D eigenvalue weighted by Crippen LogP contribution is 2.29. The Balaban J connectivity index is 0.00000144. The van der Waals surface area contributed by atoms with E-state index in [4.69, 9.17) is 4.98 Å². The van der Waals surface area contributed by atoms with Gasteiger partial charge in [-0.25, -0.2) is 4.98 Å². The maximum atomic E-state index is 12.2. The van der Waals surface area contributed by atoms with E-state index < -0.39 is 0 Å². The number of halogens is 1. The number of thiazole rings is 1. The Morgan fingerprint density at radius 1 is 1.18 bits per heavy atom. The molecule has 0 spiro atoms. The van der Waals surface area contributed by atoms with E-state index in [1.807, 2.05) is 17.0 Å². The molecule has 1 amide bonds. The molecule has 2 fully saturated rings.